The van der Waals surface area contributed by atoms with Crippen LogP contribution >= 0.6 is 0 Å². The van der Waals surface area contributed by atoms with E-state index in [1.165, 1.54) is 17.7 Å². The van der Waals surface area contributed by atoms with Gasteiger partial charge in [0, 0.05) is 49.4 Å². The smallest absolute Gasteiger partial charge is 0.132 e. The predicted molar refractivity (Wildman–Crippen MR) is 57.7 cm³/mol. The van der Waals surface area contributed by atoms with E-state index in [9.17, 15) is 0 Å². The van der Waals surface area contributed by atoms with E-state index < -0.39 is 0 Å². The van der Waals surface area contributed by atoms with Gasteiger partial charge in [0.05, 0.1) is 0 Å². The highest BCUT2D eigenvalue weighted by atomic mass is 15.0. The summed E-state index contributed by atoms with van der Waals surface area (Å²) < 4.78 is 0. The van der Waals surface area contributed by atoms with E-state index in [4.69, 9.17) is 4.98 Å². The molecule has 80 valence electrons. The van der Waals surface area contributed by atoms with Gasteiger partial charge in [-0.3, -0.25) is 0 Å². The Kier molecular flexibility index (Phi) is 2.38. The van der Waals surface area contributed by atoms with Crippen molar-refractivity contribution < 1.29 is 0 Å². The molecule has 15 heavy (non-hydrogen) atoms. The van der Waals surface area contributed by atoms with Gasteiger partial charge in [0.1, 0.15) is 5.82 Å². The molecule has 4 heteroatoms. The zero-order valence-electron chi connectivity index (χ0n) is 8.79. The fourth-order valence-electron chi connectivity index (χ4n) is 2.32. The number of nitrogens with zero attached hydrogens (tertiary/aromatic N) is 2. The van der Waals surface area contributed by atoms with Crippen LogP contribution in [0.15, 0.2) is 6.20 Å². The summed E-state index contributed by atoms with van der Waals surface area (Å²) in [7, 11) is 0. The van der Waals surface area contributed by atoms with Gasteiger partial charge < -0.3 is 10.6 Å². The van der Waals surface area contributed by atoms with Crippen LogP contribution in [0.3, 0.4) is 0 Å². The quantitative estimate of drug-likeness (QED) is 0.686. The molecule has 0 saturated carbocycles. The maximum absolute atomic E-state index is 4.70. The number of hydrogen-bond donors (Lipinski definition) is 2. The highest BCUT2D eigenvalue weighted by Gasteiger charge is 2.21. The third-order valence-corrected chi connectivity index (χ3v) is 3.25. The number of nitrogens with one attached hydrogen (secondary N) is 2. The SMILES string of the molecule is c1nc(C2CCNC2)nc2c1CNCC2. The van der Waals surface area contributed by atoms with Gasteiger partial charge in [-0.15, -0.1) is 0 Å². The van der Waals surface area contributed by atoms with Gasteiger partial charge >= 0.3 is 0 Å². The van der Waals surface area contributed by atoms with E-state index in [2.05, 4.69) is 15.6 Å². The molecule has 1 atom stereocenters. The lowest BCUT2D eigenvalue weighted by atomic mass is 10.1. The Labute approximate surface area is 89.5 Å². The van der Waals surface area contributed by atoms with Crippen LogP contribution in [-0.4, -0.2) is 29.6 Å². The molecule has 0 spiro atoms. The molecule has 3 heterocycles. The molecule has 1 aromatic heterocycles. The van der Waals surface area contributed by atoms with Crippen LogP contribution in [0, 0.1) is 0 Å². The third kappa shape index (κ3) is 1.75. The number of aromatic nitrogens is 2. The molecular formula is C11H16N4. The molecule has 0 aliphatic carbocycles. The average Bonchev–Trinajstić information content (AvgIpc) is 2.82. The summed E-state index contributed by atoms with van der Waals surface area (Å²) in [6.45, 7) is 4.12. The maximum atomic E-state index is 4.70. The first-order valence-corrected chi connectivity index (χ1v) is 5.69. The third-order valence-electron chi connectivity index (χ3n) is 3.25. The average molecular weight is 204 g/mol. The van der Waals surface area contributed by atoms with Crippen molar-refractivity contribution in [1.82, 2.24) is 20.6 Å². The van der Waals surface area contributed by atoms with Crippen LogP contribution in [-0.2, 0) is 13.0 Å². The molecule has 0 amide bonds. The minimum Gasteiger partial charge on any atom is -0.316 e. The lowest BCUT2D eigenvalue weighted by Crippen LogP contribution is -2.25. The predicted octanol–water partition coefficient (Wildman–Crippen LogP) is 0.199. The Balaban J connectivity index is 1.89. The molecule has 2 aliphatic heterocycles. The van der Waals surface area contributed by atoms with Gasteiger partial charge in [0.15, 0.2) is 0 Å². The highest BCUT2D eigenvalue weighted by molar-refractivity contribution is 5.21. The minimum atomic E-state index is 0.533. The molecule has 1 fully saturated rings. The fourth-order valence-corrected chi connectivity index (χ4v) is 2.32. The van der Waals surface area contributed by atoms with Crippen molar-refractivity contribution in [1.29, 1.82) is 0 Å². The monoisotopic (exact) mass is 204 g/mol. The molecule has 2 N–H and O–H groups in total. The standard InChI is InChI=1S/C11H16N4/c1-3-12-5-8(1)11-14-7-9-6-13-4-2-10(9)15-11/h7-8,12-13H,1-6H2. The van der Waals surface area contributed by atoms with Crippen molar-refractivity contribution in [2.24, 2.45) is 0 Å². The fraction of sp³-hybridized carbons (Fsp3) is 0.636. The summed E-state index contributed by atoms with van der Waals surface area (Å²) in [5.74, 6) is 1.57. The molecule has 4 nitrogen and oxygen atoms in total. The lowest BCUT2D eigenvalue weighted by molar-refractivity contribution is 0.607. The zero-order chi connectivity index (χ0) is 10.1. The second kappa shape index (κ2) is 3.87. The van der Waals surface area contributed by atoms with Gasteiger partial charge in [-0.1, -0.05) is 0 Å². The van der Waals surface area contributed by atoms with Gasteiger partial charge in [0.25, 0.3) is 0 Å². The van der Waals surface area contributed by atoms with Crippen molar-refractivity contribution in [3.8, 4) is 0 Å². The molecule has 0 radical (unpaired) electrons. The van der Waals surface area contributed by atoms with Gasteiger partial charge in [-0.05, 0) is 13.0 Å². The topological polar surface area (TPSA) is 49.8 Å². The Hall–Kier alpha value is -1.00. The lowest BCUT2D eigenvalue weighted by Gasteiger charge is -2.17. The summed E-state index contributed by atoms with van der Waals surface area (Å²) in [5.41, 5.74) is 2.53. The van der Waals surface area contributed by atoms with E-state index >= 15 is 0 Å². The molecule has 1 unspecified atom stereocenters. The van der Waals surface area contributed by atoms with E-state index in [-0.39, 0.29) is 0 Å². The van der Waals surface area contributed by atoms with Gasteiger partial charge in [-0.2, -0.15) is 0 Å². The highest BCUT2D eigenvalue weighted by Crippen LogP contribution is 2.20. The maximum Gasteiger partial charge on any atom is 0.132 e. The molecule has 0 aromatic carbocycles. The van der Waals surface area contributed by atoms with Crippen LogP contribution in [0.25, 0.3) is 0 Å². The van der Waals surface area contributed by atoms with Crippen LogP contribution in [0.4, 0.5) is 0 Å². The second-order valence-electron chi connectivity index (χ2n) is 4.32. The minimum absolute atomic E-state index is 0.533. The summed E-state index contributed by atoms with van der Waals surface area (Å²) in [6.07, 6.45) is 4.23. The van der Waals surface area contributed by atoms with E-state index in [1.54, 1.807) is 0 Å². The molecule has 2 aliphatic rings. The largest absolute Gasteiger partial charge is 0.316 e. The molecule has 1 aromatic rings. The van der Waals surface area contributed by atoms with Gasteiger partial charge in [-0.25, -0.2) is 9.97 Å². The summed E-state index contributed by atoms with van der Waals surface area (Å²) in [4.78, 5) is 9.19. The number of hydrogen-bond acceptors (Lipinski definition) is 4. The number of rotatable bonds is 1. The van der Waals surface area contributed by atoms with Crippen molar-refractivity contribution in [2.45, 2.75) is 25.3 Å². The Bertz CT molecular complexity index is 358. The first-order chi connectivity index (χ1) is 7.43. The zero-order valence-corrected chi connectivity index (χ0v) is 8.79. The van der Waals surface area contributed by atoms with Crippen molar-refractivity contribution in [2.75, 3.05) is 19.6 Å². The normalized spacial score (nSPS) is 25.2. The molecule has 3 rings (SSSR count). The second-order valence-corrected chi connectivity index (χ2v) is 4.32. The first kappa shape index (κ1) is 9.24. The van der Waals surface area contributed by atoms with E-state index in [0.717, 1.165) is 38.4 Å². The number of fused-ring (bicyclic) bond motifs is 1. The van der Waals surface area contributed by atoms with E-state index in [0.29, 0.717) is 5.92 Å². The Morgan fingerprint density at radius 2 is 2.27 bits per heavy atom. The summed E-state index contributed by atoms with van der Waals surface area (Å²) in [6, 6.07) is 0. The van der Waals surface area contributed by atoms with E-state index in [1.807, 2.05) is 6.20 Å². The summed E-state index contributed by atoms with van der Waals surface area (Å²) >= 11 is 0. The van der Waals surface area contributed by atoms with Crippen molar-refractivity contribution in [3.05, 3.63) is 23.3 Å². The van der Waals surface area contributed by atoms with Crippen LogP contribution < -0.4 is 10.6 Å². The Morgan fingerprint density at radius 3 is 3.13 bits per heavy atom. The first-order valence-electron chi connectivity index (χ1n) is 5.69. The molecule has 0 bridgehead atoms. The van der Waals surface area contributed by atoms with Crippen molar-refractivity contribution >= 4 is 0 Å². The van der Waals surface area contributed by atoms with Crippen molar-refractivity contribution in [3.63, 3.8) is 0 Å². The molecular weight excluding hydrogens is 188 g/mol. The van der Waals surface area contributed by atoms with Crippen LogP contribution in [0.2, 0.25) is 0 Å². The van der Waals surface area contributed by atoms with Gasteiger partial charge in [0.2, 0.25) is 0 Å². The van der Waals surface area contributed by atoms with Crippen LogP contribution in [0.5, 0.6) is 0 Å². The Morgan fingerprint density at radius 1 is 1.27 bits per heavy atom. The molecule has 1 saturated heterocycles. The summed E-state index contributed by atoms with van der Waals surface area (Å²) in [5, 5.41) is 6.70. The van der Waals surface area contributed by atoms with Crippen LogP contribution in [0.1, 0.15) is 29.4 Å².